The van der Waals surface area contributed by atoms with Gasteiger partial charge in [-0.05, 0) is 37.3 Å². The van der Waals surface area contributed by atoms with Gasteiger partial charge in [0.25, 0.3) is 15.9 Å². The molecule has 0 bridgehead atoms. The number of pyridine rings is 1. The van der Waals surface area contributed by atoms with E-state index in [-0.39, 0.29) is 10.5 Å². The van der Waals surface area contributed by atoms with E-state index >= 15 is 0 Å². The molecule has 0 aliphatic rings. The van der Waals surface area contributed by atoms with Gasteiger partial charge < -0.3 is 5.32 Å². The van der Waals surface area contributed by atoms with Gasteiger partial charge in [-0.3, -0.25) is 9.52 Å². The molecule has 10 heteroatoms. The van der Waals surface area contributed by atoms with Crippen LogP contribution in [0.15, 0.2) is 71.8 Å². The number of benzene rings is 2. The molecule has 0 aliphatic heterocycles. The summed E-state index contributed by atoms with van der Waals surface area (Å²) in [5, 5.41) is 2.29. The van der Waals surface area contributed by atoms with Crippen LogP contribution in [-0.4, -0.2) is 19.3 Å². The molecule has 3 aromatic rings. The van der Waals surface area contributed by atoms with E-state index in [0.717, 1.165) is 5.56 Å². The van der Waals surface area contributed by atoms with Gasteiger partial charge in [0.1, 0.15) is 0 Å². The average Bonchev–Trinajstić information content (AvgIpc) is 2.69. The van der Waals surface area contributed by atoms with Crippen molar-refractivity contribution < 1.29 is 26.4 Å². The topological polar surface area (TPSA) is 88.2 Å². The Balaban J connectivity index is 1.99. The van der Waals surface area contributed by atoms with E-state index in [1.165, 1.54) is 24.3 Å². The molecule has 0 saturated carbocycles. The number of halogens is 3. The Morgan fingerprint density at radius 1 is 1.00 bits per heavy atom. The molecule has 0 saturated heterocycles. The Kier molecular flexibility index (Phi) is 5.79. The summed E-state index contributed by atoms with van der Waals surface area (Å²) in [4.78, 5) is 15.9. The summed E-state index contributed by atoms with van der Waals surface area (Å²) in [6.07, 6.45) is -4.24. The lowest BCUT2D eigenvalue weighted by Crippen LogP contribution is -2.19. The summed E-state index contributed by atoms with van der Waals surface area (Å²) in [5.74, 6) is -1.15. The Morgan fingerprint density at radius 3 is 2.23 bits per heavy atom. The largest absolute Gasteiger partial charge is 0.417 e. The number of nitrogens with one attached hydrogen (secondary N) is 2. The minimum absolute atomic E-state index is 0.102. The Labute approximate surface area is 170 Å². The van der Waals surface area contributed by atoms with Crippen LogP contribution in [0.3, 0.4) is 0 Å². The van der Waals surface area contributed by atoms with Crippen LogP contribution in [0.5, 0.6) is 0 Å². The molecule has 0 radical (unpaired) electrons. The first-order chi connectivity index (χ1) is 14.1. The second kappa shape index (κ2) is 8.15. The number of alkyl halides is 3. The Bertz CT molecular complexity index is 1160. The predicted octanol–water partition coefficient (Wildman–Crippen LogP) is 4.46. The fourth-order valence-corrected chi connectivity index (χ4v) is 3.51. The zero-order chi connectivity index (χ0) is 21.9. The monoisotopic (exact) mass is 435 g/mol. The number of carbonyl (C=O) groups is 1. The molecule has 30 heavy (non-hydrogen) atoms. The van der Waals surface area contributed by atoms with Gasteiger partial charge in [0.2, 0.25) is 0 Å². The number of nitrogens with zero attached hydrogens (tertiary/aromatic N) is 1. The van der Waals surface area contributed by atoms with Crippen LogP contribution in [0.2, 0.25) is 0 Å². The first-order valence-corrected chi connectivity index (χ1v) is 10.1. The van der Waals surface area contributed by atoms with Gasteiger partial charge in [0, 0.05) is 11.8 Å². The maximum atomic E-state index is 13.1. The van der Waals surface area contributed by atoms with Gasteiger partial charge in [-0.2, -0.15) is 13.2 Å². The lowest BCUT2D eigenvalue weighted by Gasteiger charge is -2.15. The number of hydrogen-bond donors (Lipinski definition) is 2. The van der Waals surface area contributed by atoms with Crippen molar-refractivity contribution in [1.29, 1.82) is 0 Å². The maximum Gasteiger partial charge on any atom is 0.417 e. The standard InChI is InChI=1S/C20H16F3N3O3S/c1-13-7-9-16(10-8-13)30(28,29)26-18-17(11-15(12-24-18)20(21,22)23)25-19(27)14-5-3-2-4-6-14/h2-12H,1H3,(H,24,26)(H,25,27). The minimum Gasteiger partial charge on any atom is -0.319 e. The molecule has 2 N–H and O–H groups in total. The molecule has 6 nitrogen and oxygen atoms in total. The number of aromatic nitrogens is 1. The normalized spacial score (nSPS) is 11.7. The molecule has 3 rings (SSSR count). The number of sulfonamides is 1. The number of aryl methyl sites for hydroxylation is 1. The van der Waals surface area contributed by atoms with Crippen molar-refractivity contribution in [3.8, 4) is 0 Å². The van der Waals surface area contributed by atoms with Crippen LogP contribution >= 0.6 is 0 Å². The van der Waals surface area contributed by atoms with E-state index in [1.807, 2.05) is 0 Å². The maximum absolute atomic E-state index is 13.1. The molecular formula is C20H16F3N3O3S. The lowest BCUT2D eigenvalue weighted by molar-refractivity contribution is -0.137. The Morgan fingerprint density at radius 2 is 1.63 bits per heavy atom. The molecular weight excluding hydrogens is 419 g/mol. The minimum atomic E-state index is -4.73. The summed E-state index contributed by atoms with van der Waals surface area (Å²) in [6.45, 7) is 1.78. The summed E-state index contributed by atoms with van der Waals surface area (Å²) < 4.78 is 66.7. The molecule has 0 unspecified atom stereocenters. The smallest absolute Gasteiger partial charge is 0.319 e. The SMILES string of the molecule is Cc1ccc(S(=O)(=O)Nc2ncc(C(F)(F)F)cc2NC(=O)c2ccccc2)cc1. The van der Waals surface area contributed by atoms with Crippen LogP contribution in [0.25, 0.3) is 0 Å². The fraction of sp³-hybridized carbons (Fsp3) is 0.100. The van der Waals surface area contributed by atoms with E-state index in [4.69, 9.17) is 0 Å². The number of amides is 1. The number of hydrogen-bond acceptors (Lipinski definition) is 4. The highest BCUT2D eigenvalue weighted by Crippen LogP contribution is 2.33. The van der Waals surface area contributed by atoms with E-state index in [9.17, 15) is 26.4 Å². The number of rotatable bonds is 5. The summed E-state index contributed by atoms with van der Waals surface area (Å²) in [7, 11) is -4.15. The van der Waals surface area contributed by atoms with Gasteiger partial charge in [0.05, 0.1) is 16.1 Å². The highest BCUT2D eigenvalue weighted by atomic mass is 32.2. The van der Waals surface area contributed by atoms with E-state index < -0.39 is 39.2 Å². The van der Waals surface area contributed by atoms with Crippen molar-refractivity contribution in [3.05, 3.63) is 83.6 Å². The van der Waals surface area contributed by atoms with Crippen LogP contribution in [0.4, 0.5) is 24.7 Å². The van der Waals surface area contributed by atoms with Crippen molar-refractivity contribution in [2.24, 2.45) is 0 Å². The zero-order valence-electron chi connectivity index (χ0n) is 15.6. The van der Waals surface area contributed by atoms with Crippen molar-refractivity contribution in [1.82, 2.24) is 4.98 Å². The van der Waals surface area contributed by atoms with Gasteiger partial charge in [-0.1, -0.05) is 35.9 Å². The van der Waals surface area contributed by atoms with Crippen molar-refractivity contribution in [2.45, 2.75) is 18.0 Å². The van der Waals surface area contributed by atoms with E-state index in [2.05, 4.69) is 15.0 Å². The molecule has 1 amide bonds. The summed E-state index contributed by atoms with van der Waals surface area (Å²) in [6, 6.07) is 14.2. The second-order valence-corrected chi connectivity index (χ2v) is 8.04. The molecule has 2 aromatic carbocycles. The molecule has 0 spiro atoms. The third-order valence-electron chi connectivity index (χ3n) is 4.06. The van der Waals surface area contributed by atoms with Crippen LogP contribution < -0.4 is 10.0 Å². The molecule has 0 fully saturated rings. The molecule has 0 aliphatic carbocycles. The van der Waals surface area contributed by atoms with Crippen LogP contribution in [-0.2, 0) is 16.2 Å². The summed E-state index contributed by atoms with van der Waals surface area (Å²) >= 11 is 0. The van der Waals surface area contributed by atoms with Crippen molar-refractivity contribution >= 4 is 27.4 Å². The second-order valence-electron chi connectivity index (χ2n) is 6.36. The van der Waals surface area contributed by atoms with Gasteiger partial charge in [-0.25, -0.2) is 13.4 Å². The van der Waals surface area contributed by atoms with Crippen LogP contribution in [0, 0.1) is 6.92 Å². The van der Waals surface area contributed by atoms with Gasteiger partial charge in [0.15, 0.2) is 5.82 Å². The Hall–Kier alpha value is -3.40. The van der Waals surface area contributed by atoms with Crippen molar-refractivity contribution in [3.63, 3.8) is 0 Å². The van der Waals surface area contributed by atoms with E-state index in [1.54, 1.807) is 37.3 Å². The molecule has 1 heterocycles. The van der Waals surface area contributed by atoms with Crippen molar-refractivity contribution in [2.75, 3.05) is 10.0 Å². The number of anilines is 2. The summed E-state index contributed by atoms with van der Waals surface area (Å²) in [5.41, 5.74) is -0.543. The highest BCUT2D eigenvalue weighted by molar-refractivity contribution is 7.92. The fourth-order valence-electron chi connectivity index (χ4n) is 2.48. The van der Waals surface area contributed by atoms with Crippen LogP contribution in [0.1, 0.15) is 21.5 Å². The van der Waals surface area contributed by atoms with E-state index in [0.29, 0.717) is 12.3 Å². The average molecular weight is 435 g/mol. The highest BCUT2D eigenvalue weighted by Gasteiger charge is 2.32. The third-order valence-corrected chi connectivity index (χ3v) is 5.42. The molecule has 0 atom stereocenters. The lowest BCUT2D eigenvalue weighted by atomic mass is 10.2. The number of carbonyl (C=O) groups excluding carboxylic acids is 1. The first-order valence-electron chi connectivity index (χ1n) is 8.59. The first kappa shape index (κ1) is 21.3. The quantitative estimate of drug-likeness (QED) is 0.619. The predicted molar refractivity (Wildman–Crippen MR) is 106 cm³/mol. The molecule has 156 valence electrons. The third kappa shape index (κ3) is 4.95. The van der Waals surface area contributed by atoms with Gasteiger partial charge >= 0.3 is 6.18 Å². The molecule has 1 aromatic heterocycles. The zero-order valence-corrected chi connectivity index (χ0v) is 16.4. The van der Waals surface area contributed by atoms with Gasteiger partial charge in [-0.15, -0.1) is 0 Å².